The summed E-state index contributed by atoms with van der Waals surface area (Å²) < 4.78 is 1.60. The van der Waals surface area contributed by atoms with Gasteiger partial charge in [-0.05, 0) is 18.2 Å². The highest BCUT2D eigenvalue weighted by Gasteiger charge is 2.13. The molecule has 9 nitrogen and oxygen atoms in total. The molecule has 0 aromatic carbocycles. The van der Waals surface area contributed by atoms with Crippen LogP contribution in [0.2, 0.25) is 0 Å². The minimum atomic E-state index is -0.309. The van der Waals surface area contributed by atoms with E-state index in [0.717, 1.165) is 32.0 Å². The highest BCUT2D eigenvalue weighted by Crippen LogP contribution is 2.15. The fourth-order valence-electron chi connectivity index (χ4n) is 2.71. The molecule has 3 aromatic heterocycles. The van der Waals surface area contributed by atoms with Crippen molar-refractivity contribution < 1.29 is 4.79 Å². The van der Waals surface area contributed by atoms with Gasteiger partial charge >= 0.3 is 0 Å². The van der Waals surface area contributed by atoms with Gasteiger partial charge in [-0.25, -0.2) is 19.9 Å². The minimum absolute atomic E-state index is 0.281. The van der Waals surface area contributed by atoms with Crippen LogP contribution in [0.25, 0.3) is 5.95 Å². The van der Waals surface area contributed by atoms with Gasteiger partial charge < -0.3 is 15.5 Å². The van der Waals surface area contributed by atoms with Crippen LogP contribution in [0.1, 0.15) is 10.5 Å². The van der Waals surface area contributed by atoms with Crippen molar-refractivity contribution in [3.63, 3.8) is 0 Å². The van der Waals surface area contributed by atoms with Gasteiger partial charge in [-0.15, -0.1) is 0 Å². The van der Waals surface area contributed by atoms with Crippen LogP contribution < -0.4 is 15.5 Å². The van der Waals surface area contributed by atoms with E-state index < -0.39 is 0 Å². The number of rotatable bonds is 4. The van der Waals surface area contributed by atoms with Crippen LogP contribution in [0.5, 0.6) is 0 Å². The van der Waals surface area contributed by atoms with Crippen molar-refractivity contribution in [1.29, 1.82) is 0 Å². The molecule has 1 saturated heterocycles. The number of amides is 1. The second kappa shape index (κ2) is 7.28. The third-order valence-electron chi connectivity index (χ3n) is 4.05. The number of piperazine rings is 1. The SMILES string of the molecule is O=C(Nc1ccc(N2CCNCC2)nc1)c1cn(-c2ncccn2)cn1. The number of hydrogen-bond donors (Lipinski definition) is 2. The molecule has 4 heterocycles. The van der Waals surface area contributed by atoms with Gasteiger partial charge in [-0.3, -0.25) is 9.36 Å². The quantitative estimate of drug-likeness (QED) is 0.715. The Balaban J connectivity index is 1.42. The van der Waals surface area contributed by atoms with Crippen molar-refractivity contribution in [3.8, 4) is 5.95 Å². The van der Waals surface area contributed by atoms with Gasteiger partial charge in [0.15, 0.2) is 0 Å². The molecule has 1 aliphatic heterocycles. The van der Waals surface area contributed by atoms with E-state index in [-0.39, 0.29) is 11.6 Å². The maximum absolute atomic E-state index is 12.4. The summed E-state index contributed by atoms with van der Waals surface area (Å²) in [5.74, 6) is 1.06. The summed E-state index contributed by atoms with van der Waals surface area (Å²) in [6.45, 7) is 3.76. The van der Waals surface area contributed by atoms with Gasteiger partial charge in [-0.2, -0.15) is 0 Å². The van der Waals surface area contributed by atoms with Crippen LogP contribution in [-0.2, 0) is 0 Å². The van der Waals surface area contributed by atoms with E-state index in [1.807, 2.05) is 12.1 Å². The highest BCUT2D eigenvalue weighted by atomic mass is 16.1. The number of imidazole rings is 1. The predicted octanol–water partition coefficient (Wildman–Crippen LogP) is 0.719. The number of nitrogens with zero attached hydrogens (tertiary/aromatic N) is 6. The zero-order chi connectivity index (χ0) is 17.8. The van der Waals surface area contributed by atoms with Crippen LogP contribution in [0.4, 0.5) is 11.5 Å². The lowest BCUT2D eigenvalue weighted by Crippen LogP contribution is -2.43. The van der Waals surface area contributed by atoms with E-state index in [4.69, 9.17) is 0 Å². The Morgan fingerprint density at radius 3 is 2.62 bits per heavy atom. The third-order valence-corrected chi connectivity index (χ3v) is 4.05. The maximum atomic E-state index is 12.4. The molecule has 0 aliphatic carbocycles. The lowest BCUT2D eigenvalue weighted by Gasteiger charge is -2.28. The smallest absolute Gasteiger partial charge is 0.275 e. The largest absolute Gasteiger partial charge is 0.354 e. The fraction of sp³-hybridized carbons (Fsp3) is 0.235. The summed E-state index contributed by atoms with van der Waals surface area (Å²) in [5.41, 5.74) is 0.906. The topological polar surface area (TPSA) is 101 Å². The summed E-state index contributed by atoms with van der Waals surface area (Å²) in [7, 11) is 0. The van der Waals surface area contributed by atoms with Crippen molar-refractivity contribution in [2.75, 3.05) is 36.4 Å². The van der Waals surface area contributed by atoms with Crippen molar-refractivity contribution in [1.82, 2.24) is 29.8 Å². The van der Waals surface area contributed by atoms with Gasteiger partial charge in [0.1, 0.15) is 17.8 Å². The molecule has 26 heavy (non-hydrogen) atoms. The first kappa shape index (κ1) is 16.2. The summed E-state index contributed by atoms with van der Waals surface area (Å²) in [5, 5.41) is 6.11. The second-order valence-corrected chi connectivity index (χ2v) is 5.81. The maximum Gasteiger partial charge on any atom is 0.275 e. The normalized spacial score (nSPS) is 14.2. The molecular weight excluding hydrogens is 332 g/mol. The van der Waals surface area contributed by atoms with Crippen LogP contribution in [0, 0.1) is 0 Å². The number of carbonyl (C=O) groups excluding carboxylic acids is 1. The molecule has 0 radical (unpaired) electrons. The van der Waals surface area contributed by atoms with Crippen LogP contribution in [0.15, 0.2) is 49.3 Å². The van der Waals surface area contributed by atoms with E-state index in [9.17, 15) is 4.79 Å². The lowest BCUT2D eigenvalue weighted by atomic mass is 10.3. The number of pyridine rings is 1. The van der Waals surface area contributed by atoms with Gasteiger partial charge in [0.05, 0.1) is 11.9 Å². The molecular formula is C17H18N8O. The monoisotopic (exact) mass is 350 g/mol. The minimum Gasteiger partial charge on any atom is -0.354 e. The molecule has 2 N–H and O–H groups in total. The Morgan fingerprint density at radius 1 is 1.08 bits per heavy atom. The first-order valence-electron chi connectivity index (χ1n) is 8.34. The molecule has 0 bridgehead atoms. The number of aromatic nitrogens is 5. The third kappa shape index (κ3) is 3.52. The lowest BCUT2D eigenvalue weighted by molar-refractivity contribution is 0.102. The van der Waals surface area contributed by atoms with Crippen molar-refractivity contribution in [2.24, 2.45) is 0 Å². The van der Waals surface area contributed by atoms with Crippen LogP contribution in [0.3, 0.4) is 0 Å². The van der Waals surface area contributed by atoms with Gasteiger partial charge in [0.25, 0.3) is 5.91 Å². The zero-order valence-electron chi connectivity index (χ0n) is 14.0. The van der Waals surface area contributed by atoms with Crippen molar-refractivity contribution >= 4 is 17.4 Å². The molecule has 0 spiro atoms. The standard InChI is InChI=1S/C17H18N8O/c26-16(14-11-25(12-22-14)17-19-4-1-5-20-17)23-13-2-3-15(21-10-13)24-8-6-18-7-9-24/h1-5,10-12,18H,6-9H2,(H,23,26). The zero-order valence-corrected chi connectivity index (χ0v) is 14.0. The summed E-state index contributed by atoms with van der Waals surface area (Å²) in [4.78, 5) is 31.4. The average molecular weight is 350 g/mol. The molecule has 0 saturated carbocycles. The van der Waals surface area contributed by atoms with Crippen molar-refractivity contribution in [3.05, 3.63) is 55.0 Å². The van der Waals surface area contributed by atoms with Gasteiger partial charge in [-0.1, -0.05) is 0 Å². The number of carbonyl (C=O) groups is 1. The van der Waals surface area contributed by atoms with E-state index >= 15 is 0 Å². The molecule has 0 atom stereocenters. The van der Waals surface area contributed by atoms with Crippen molar-refractivity contribution in [2.45, 2.75) is 0 Å². The summed E-state index contributed by atoms with van der Waals surface area (Å²) in [6, 6.07) is 5.49. The Kier molecular flexibility index (Phi) is 4.52. The Bertz CT molecular complexity index is 871. The summed E-state index contributed by atoms with van der Waals surface area (Å²) in [6.07, 6.45) is 8.02. The Labute approximate surface area is 150 Å². The number of anilines is 2. The first-order valence-corrected chi connectivity index (χ1v) is 8.34. The fourth-order valence-corrected chi connectivity index (χ4v) is 2.71. The Hall–Kier alpha value is -3.33. The molecule has 3 aromatic rings. The molecule has 132 valence electrons. The van der Waals surface area contributed by atoms with E-state index in [2.05, 4.69) is 35.5 Å². The van der Waals surface area contributed by atoms with Gasteiger partial charge in [0.2, 0.25) is 5.95 Å². The number of nitrogens with one attached hydrogen (secondary N) is 2. The summed E-state index contributed by atoms with van der Waals surface area (Å²) >= 11 is 0. The second-order valence-electron chi connectivity index (χ2n) is 5.81. The molecule has 1 fully saturated rings. The predicted molar refractivity (Wildman–Crippen MR) is 96.4 cm³/mol. The molecule has 1 aliphatic rings. The van der Waals surface area contributed by atoms with Crippen LogP contribution >= 0.6 is 0 Å². The van der Waals surface area contributed by atoms with E-state index in [1.54, 1.807) is 35.4 Å². The van der Waals surface area contributed by atoms with E-state index in [0.29, 0.717) is 11.6 Å². The number of hydrogen-bond acceptors (Lipinski definition) is 7. The van der Waals surface area contributed by atoms with E-state index in [1.165, 1.54) is 6.33 Å². The van der Waals surface area contributed by atoms with Gasteiger partial charge in [0, 0.05) is 44.8 Å². The molecule has 4 rings (SSSR count). The highest BCUT2D eigenvalue weighted by molar-refractivity contribution is 6.02. The van der Waals surface area contributed by atoms with Crippen LogP contribution in [-0.4, -0.2) is 56.6 Å². The first-order chi connectivity index (χ1) is 12.8. The average Bonchev–Trinajstić information content (AvgIpc) is 3.20. The molecule has 1 amide bonds. The Morgan fingerprint density at radius 2 is 1.88 bits per heavy atom. The molecule has 0 unspecified atom stereocenters. The molecule has 9 heteroatoms.